The second-order valence-electron chi connectivity index (χ2n) is 4.13. The Hall–Kier alpha value is -2.41. The minimum atomic E-state index is -0.547. The number of hydrogen-bond acceptors (Lipinski definition) is 4. The topological polar surface area (TPSA) is 94.3 Å². The molecule has 6 nitrogen and oxygen atoms in total. The fourth-order valence-corrected chi connectivity index (χ4v) is 1.89. The number of carbonyl (C=O) groups excluding carboxylic acids is 2. The molecule has 0 aliphatic carbocycles. The number of nitrogens with zero attached hydrogens (tertiary/aromatic N) is 1. The van der Waals surface area contributed by atoms with Crippen molar-refractivity contribution in [3.05, 3.63) is 52.8 Å². The lowest BCUT2D eigenvalue weighted by atomic mass is 10.2. The van der Waals surface area contributed by atoms with Crippen molar-refractivity contribution in [3.63, 3.8) is 0 Å². The molecule has 21 heavy (non-hydrogen) atoms. The Bertz CT molecular complexity index is 659. The molecule has 0 fully saturated rings. The summed E-state index contributed by atoms with van der Waals surface area (Å²) in [6, 6.07) is 8.28. The maximum absolute atomic E-state index is 12.0. The minimum Gasteiger partial charge on any atom is -0.484 e. The molecule has 1 aromatic heterocycles. The Balaban J connectivity index is 2.00. The van der Waals surface area contributed by atoms with Crippen LogP contribution in [0.1, 0.15) is 10.4 Å². The maximum Gasteiger partial charge on any atom is 0.257 e. The van der Waals surface area contributed by atoms with Crippen LogP contribution in [0.25, 0.3) is 0 Å². The first-order valence-corrected chi connectivity index (χ1v) is 6.77. The summed E-state index contributed by atoms with van der Waals surface area (Å²) in [6.45, 7) is -0.185. The van der Waals surface area contributed by atoms with Crippen LogP contribution in [0.2, 0.25) is 0 Å². The number of rotatable bonds is 5. The van der Waals surface area contributed by atoms with Gasteiger partial charge in [-0.05, 0) is 46.3 Å². The first kappa shape index (κ1) is 15.0. The zero-order chi connectivity index (χ0) is 15.2. The predicted octanol–water partition coefficient (Wildman–Crippen LogP) is 1.96. The Morgan fingerprint density at radius 3 is 2.57 bits per heavy atom. The normalized spacial score (nSPS) is 9.95. The summed E-state index contributed by atoms with van der Waals surface area (Å²) in [6.07, 6.45) is 3.08. The molecular weight excluding hydrogens is 338 g/mol. The minimum absolute atomic E-state index is 0.185. The standard InChI is InChI=1S/C14H12BrN3O3/c15-10-5-9(6-17-7-10)14(20)18-11-1-3-12(4-2-11)21-8-13(16)19/h1-7H,8H2,(H2,16,19)(H,18,20). The first-order valence-electron chi connectivity index (χ1n) is 5.97. The van der Waals surface area contributed by atoms with E-state index in [0.29, 0.717) is 17.0 Å². The number of hydrogen-bond donors (Lipinski definition) is 2. The van der Waals surface area contributed by atoms with Crippen molar-refractivity contribution in [1.82, 2.24) is 4.98 Å². The van der Waals surface area contributed by atoms with Crippen molar-refractivity contribution >= 4 is 33.4 Å². The van der Waals surface area contributed by atoms with Gasteiger partial charge in [0.2, 0.25) is 0 Å². The molecule has 1 aromatic carbocycles. The Labute approximate surface area is 129 Å². The largest absolute Gasteiger partial charge is 0.484 e. The number of halogens is 1. The molecule has 0 atom stereocenters. The van der Waals surface area contributed by atoms with Crippen molar-refractivity contribution in [3.8, 4) is 5.75 Å². The van der Waals surface area contributed by atoms with Crippen LogP contribution in [0.5, 0.6) is 5.75 Å². The van der Waals surface area contributed by atoms with Gasteiger partial charge in [-0.2, -0.15) is 0 Å². The number of aromatic nitrogens is 1. The van der Waals surface area contributed by atoms with Crippen molar-refractivity contribution < 1.29 is 14.3 Å². The van der Waals surface area contributed by atoms with E-state index in [1.54, 1.807) is 36.5 Å². The van der Waals surface area contributed by atoms with E-state index in [9.17, 15) is 9.59 Å². The molecule has 0 saturated carbocycles. The van der Waals surface area contributed by atoms with E-state index in [1.165, 1.54) is 6.20 Å². The Kier molecular flexibility index (Phi) is 4.89. The van der Waals surface area contributed by atoms with E-state index in [0.717, 1.165) is 4.47 Å². The van der Waals surface area contributed by atoms with Gasteiger partial charge in [-0.25, -0.2) is 0 Å². The molecule has 7 heteroatoms. The number of benzene rings is 1. The summed E-state index contributed by atoms with van der Waals surface area (Å²) in [4.78, 5) is 26.5. The number of pyridine rings is 1. The highest BCUT2D eigenvalue weighted by Crippen LogP contribution is 2.17. The lowest BCUT2D eigenvalue weighted by molar-refractivity contribution is -0.119. The van der Waals surface area contributed by atoms with Crippen molar-refractivity contribution in [2.45, 2.75) is 0 Å². The van der Waals surface area contributed by atoms with Crippen LogP contribution < -0.4 is 15.8 Å². The fraction of sp³-hybridized carbons (Fsp3) is 0.0714. The van der Waals surface area contributed by atoms with Gasteiger partial charge in [0.05, 0.1) is 5.56 Å². The number of nitrogens with two attached hydrogens (primary N) is 1. The van der Waals surface area contributed by atoms with E-state index < -0.39 is 5.91 Å². The average Bonchev–Trinajstić information content (AvgIpc) is 2.46. The highest BCUT2D eigenvalue weighted by atomic mass is 79.9. The lowest BCUT2D eigenvalue weighted by Gasteiger charge is -2.07. The van der Waals surface area contributed by atoms with Gasteiger partial charge in [-0.15, -0.1) is 0 Å². The molecule has 0 aliphatic rings. The summed E-state index contributed by atoms with van der Waals surface area (Å²) in [7, 11) is 0. The summed E-state index contributed by atoms with van der Waals surface area (Å²) < 4.78 is 5.85. The molecule has 3 N–H and O–H groups in total. The molecule has 1 heterocycles. The third-order valence-corrected chi connectivity index (χ3v) is 2.89. The SMILES string of the molecule is NC(=O)COc1ccc(NC(=O)c2cncc(Br)c2)cc1. The van der Waals surface area contributed by atoms with Gasteiger partial charge < -0.3 is 15.8 Å². The Morgan fingerprint density at radius 2 is 1.95 bits per heavy atom. The smallest absolute Gasteiger partial charge is 0.257 e. The maximum atomic E-state index is 12.0. The summed E-state index contributed by atoms with van der Waals surface area (Å²) in [5.41, 5.74) is 6.03. The monoisotopic (exact) mass is 349 g/mol. The zero-order valence-corrected chi connectivity index (χ0v) is 12.5. The van der Waals surface area contributed by atoms with Crippen molar-refractivity contribution in [2.75, 3.05) is 11.9 Å². The summed E-state index contributed by atoms with van der Waals surface area (Å²) >= 11 is 3.26. The van der Waals surface area contributed by atoms with Gasteiger partial charge in [0, 0.05) is 22.6 Å². The highest BCUT2D eigenvalue weighted by Gasteiger charge is 2.07. The Morgan fingerprint density at radius 1 is 1.24 bits per heavy atom. The molecule has 0 unspecified atom stereocenters. The van der Waals surface area contributed by atoms with Crippen LogP contribution in [-0.4, -0.2) is 23.4 Å². The number of anilines is 1. The molecule has 108 valence electrons. The van der Waals surface area contributed by atoms with E-state index in [1.807, 2.05) is 0 Å². The molecule has 2 rings (SSSR count). The average molecular weight is 350 g/mol. The molecular formula is C14H12BrN3O3. The number of carbonyl (C=O) groups is 2. The molecule has 0 bridgehead atoms. The molecule has 0 aliphatic heterocycles. The van der Waals surface area contributed by atoms with E-state index >= 15 is 0 Å². The zero-order valence-electron chi connectivity index (χ0n) is 10.9. The van der Waals surface area contributed by atoms with Crippen LogP contribution in [0.3, 0.4) is 0 Å². The second-order valence-corrected chi connectivity index (χ2v) is 5.04. The quantitative estimate of drug-likeness (QED) is 0.862. The van der Waals surface area contributed by atoms with Gasteiger partial charge >= 0.3 is 0 Å². The number of ether oxygens (including phenoxy) is 1. The van der Waals surface area contributed by atoms with Gasteiger partial charge in [0.1, 0.15) is 5.75 Å². The van der Waals surface area contributed by atoms with Gasteiger partial charge in [0.15, 0.2) is 6.61 Å². The van der Waals surface area contributed by atoms with Crippen LogP contribution in [0.4, 0.5) is 5.69 Å². The van der Waals surface area contributed by atoms with E-state index in [-0.39, 0.29) is 12.5 Å². The molecule has 0 spiro atoms. The number of nitrogens with one attached hydrogen (secondary N) is 1. The summed E-state index contributed by atoms with van der Waals surface area (Å²) in [5.74, 6) is -0.319. The van der Waals surface area contributed by atoms with Crippen LogP contribution in [0.15, 0.2) is 47.2 Å². The second kappa shape index (κ2) is 6.85. The summed E-state index contributed by atoms with van der Waals surface area (Å²) in [5, 5.41) is 2.73. The first-order chi connectivity index (χ1) is 10.0. The molecule has 0 saturated heterocycles. The van der Waals surface area contributed by atoms with Gasteiger partial charge in [-0.1, -0.05) is 0 Å². The predicted molar refractivity (Wildman–Crippen MR) is 81.0 cm³/mol. The van der Waals surface area contributed by atoms with Gasteiger partial charge in [0.25, 0.3) is 11.8 Å². The third kappa shape index (κ3) is 4.57. The van der Waals surface area contributed by atoms with Crippen molar-refractivity contribution in [1.29, 1.82) is 0 Å². The van der Waals surface area contributed by atoms with Crippen LogP contribution in [0, 0.1) is 0 Å². The number of primary amides is 1. The van der Waals surface area contributed by atoms with Crippen LogP contribution >= 0.6 is 15.9 Å². The van der Waals surface area contributed by atoms with E-state index in [2.05, 4.69) is 26.2 Å². The molecule has 0 radical (unpaired) electrons. The fourth-order valence-electron chi connectivity index (χ4n) is 1.53. The van der Waals surface area contributed by atoms with Crippen molar-refractivity contribution in [2.24, 2.45) is 5.73 Å². The van der Waals surface area contributed by atoms with E-state index in [4.69, 9.17) is 10.5 Å². The third-order valence-electron chi connectivity index (χ3n) is 2.46. The van der Waals surface area contributed by atoms with Crippen LogP contribution in [-0.2, 0) is 4.79 Å². The van der Waals surface area contributed by atoms with Gasteiger partial charge in [-0.3, -0.25) is 14.6 Å². The molecule has 2 aromatic rings. The molecule has 2 amide bonds. The lowest BCUT2D eigenvalue weighted by Crippen LogP contribution is -2.20. The highest BCUT2D eigenvalue weighted by molar-refractivity contribution is 9.10. The number of amides is 2.